The van der Waals surface area contributed by atoms with Crippen molar-refractivity contribution in [2.75, 3.05) is 6.61 Å². The molecule has 1 amide bonds. The maximum absolute atomic E-state index is 13.6. The van der Waals surface area contributed by atoms with E-state index in [4.69, 9.17) is 9.47 Å². The van der Waals surface area contributed by atoms with Crippen molar-refractivity contribution in [3.05, 3.63) is 125 Å². The molecule has 4 aromatic carbocycles. The Morgan fingerprint density at radius 1 is 0.732 bits per heavy atom. The SMILES string of the molecule is O=C(c1cccc(OCc2ccccc2)c1)C1CC2CCC(C1)N2C(=O)OCC1c2ccccc2-c2ccccc21. The topological polar surface area (TPSA) is 55.8 Å². The number of carbonyl (C=O) groups is 2. The lowest BCUT2D eigenvalue weighted by atomic mass is 9.85. The number of piperidine rings is 1. The zero-order valence-corrected chi connectivity index (χ0v) is 22.9. The van der Waals surface area contributed by atoms with Crippen molar-refractivity contribution in [2.45, 2.75) is 50.3 Å². The first kappa shape index (κ1) is 25.6. The molecule has 2 bridgehead atoms. The molecule has 2 saturated heterocycles. The number of fused-ring (bicyclic) bond motifs is 5. The van der Waals surface area contributed by atoms with Crippen molar-refractivity contribution in [1.82, 2.24) is 4.90 Å². The van der Waals surface area contributed by atoms with Gasteiger partial charge in [0.05, 0.1) is 0 Å². The lowest BCUT2D eigenvalue weighted by Crippen LogP contribution is -2.48. The second-order valence-corrected chi connectivity index (χ2v) is 11.4. The van der Waals surface area contributed by atoms with Gasteiger partial charge in [-0.1, -0.05) is 91.0 Å². The van der Waals surface area contributed by atoms with E-state index in [9.17, 15) is 9.59 Å². The minimum atomic E-state index is -0.249. The van der Waals surface area contributed by atoms with Crippen LogP contribution in [0.5, 0.6) is 5.75 Å². The molecule has 0 aromatic heterocycles. The largest absolute Gasteiger partial charge is 0.489 e. The van der Waals surface area contributed by atoms with E-state index in [2.05, 4.69) is 36.4 Å². The van der Waals surface area contributed by atoms with Crippen LogP contribution >= 0.6 is 0 Å². The third-order valence-electron chi connectivity index (χ3n) is 9.02. The molecule has 2 heterocycles. The quantitative estimate of drug-likeness (QED) is 0.225. The first-order chi connectivity index (χ1) is 20.2. The number of ketones is 1. The van der Waals surface area contributed by atoms with Crippen LogP contribution in [0.2, 0.25) is 0 Å². The van der Waals surface area contributed by atoms with Gasteiger partial charge in [0.1, 0.15) is 19.0 Å². The van der Waals surface area contributed by atoms with E-state index >= 15 is 0 Å². The average molecular weight is 544 g/mol. The van der Waals surface area contributed by atoms with Gasteiger partial charge in [-0.05, 0) is 65.6 Å². The number of benzene rings is 4. The molecule has 4 aromatic rings. The van der Waals surface area contributed by atoms with Gasteiger partial charge in [-0.25, -0.2) is 4.79 Å². The number of Topliss-reactive ketones (excluding diaryl/α,β-unsaturated/α-hetero) is 1. The zero-order chi connectivity index (χ0) is 27.8. The van der Waals surface area contributed by atoms with Crippen molar-refractivity contribution < 1.29 is 19.1 Å². The van der Waals surface area contributed by atoms with Gasteiger partial charge in [0.15, 0.2) is 5.78 Å². The highest BCUT2D eigenvalue weighted by atomic mass is 16.6. The molecule has 206 valence electrons. The summed E-state index contributed by atoms with van der Waals surface area (Å²) in [5.74, 6) is 0.770. The third-order valence-corrected chi connectivity index (χ3v) is 9.02. The molecule has 0 saturated carbocycles. The number of amides is 1. The van der Waals surface area contributed by atoms with Gasteiger partial charge < -0.3 is 14.4 Å². The van der Waals surface area contributed by atoms with Crippen LogP contribution in [0.15, 0.2) is 103 Å². The second-order valence-electron chi connectivity index (χ2n) is 11.4. The van der Waals surface area contributed by atoms with Crippen molar-refractivity contribution in [3.63, 3.8) is 0 Å². The molecular weight excluding hydrogens is 510 g/mol. The summed E-state index contributed by atoms with van der Waals surface area (Å²) in [5.41, 5.74) is 6.62. The summed E-state index contributed by atoms with van der Waals surface area (Å²) in [5, 5.41) is 0. The maximum Gasteiger partial charge on any atom is 0.410 e. The summed E-state index contributed by atoms with van der Waals surface area (Å²) in [6.07, 6.45) is 2.93. The molecular formula is C36H33NO4. The minimum Gasteiger partial charge on any atom is -0.489 e. The molecule has 5 heteroatoms. The van der Waals surface area contributed by atoms with Crippen LogP contribution in [0, 0.1) is 5.92 Å². The average Bonchev–Trinajstić information content (AvgIpc) is 3.49. The van der Waals surface area contributed by atoms with E-state index in [1.807, 2.05) is 71.6 Å². The first-order valence-corrected chi connectivity index (χ1v) is 14.6. The van der Waals surface area contributed by atoms with Crippen LogP contribution in [-0.4, -0.2) is 35.5 Å². The Balaban J connectivity index is 0.992. The van der Waals surface area contributed by atoms with Gasteiger partial charge >= 0.3 is 6.09 Å². The number of rotatable bonds is 7. The van der Waals surface area contributed by atoms with Crippen molar-refractivity contribution >= 4 is 11.9 Å². The summed E-state index contributed by atoms with van der Waals surface area (Å²) in [4.78, 5) is 28.9. The normalized spacial score (nSPS) is 20.8. The number of ether oxygens (including phenoxy) is 2. The Bertz CT molecular complexity index is 1520. The molecule has 0 N–H and O–H groups in total. The predicted octanol–water partition coefficient (Wildman–Crippen LogP) is 7.64. The Labute approximate surface area is 240 Å². The molecule has 41 heavy (non-hydrogen) atoms. The molecule has 3 aliphatic rings. The van der Waals surface area contributed by atoms with Crippen LogP contribution in [0.3, 0.4) is 0 Å². The monoisotopic (exact) mass is 543 g/mol. The third kappa shape index (κ3) is 4.90. The summed E-state index contributed by atoms with van der Waals surface area (Å²) in [7, 11) is 0. The lowest BCUT2D eigenvalue weighted by Gasteiger charge is -2.37. The number of carbonyl (C=O) groups excluding carboxylic acids is 2. The molecule has 0 radical (unpaired) electrons. The molecule has 2 aliphatic heterocycles. The van der Waals surface area contributed by atoms with E-state index in [0.717, 1.165) is 18.4 Å². The minimum absolute atomic E-state index is 0.0378. The molecule has 5 nitrogen and oxygen atoms in total. The summed E-state index contributed by atoms with van der Waals surface area (Å²) in [6, 6.07) is 34.3. The van der Waals surface area contributed by atoms with E-state index < -0.39 is 0 Å². The molecule has 0 spiro atoms. The molecule has 7 rings (SSSR count). The van der Waals surface area contributed by atoms with E-state index in [1.54, 1.807) is 0 Å². The summed E-state index contributed by atoms with van der Waals surface area (Å²) < 4.78 is 12.0. The van der Waals surface area contributed by atoms with Gasteiger partial charge in [0.25, 0.3) is 0 Å². The maximum atomic E-state index is 13.6. The fraction of sp³-hybridized carbons (Fsp3) is 0.278. The van der Waals surface area contributed by atoms with Crippen molar-refractivity contribution in [3.8, 4) is 16.9 Å². The molecule has 1 aliphatic carbocycles. The van der Waals surface area contributed by atoms with Crippen LogP contribution < -0.4 is 4.74 Å². The van der Waals surface area contributed by atoms with E-state index in [1.165, 1.54) is 22.3 Å². The van der Waals surface area contributed by atoms with E-state index in [0.29, 0.717) is 37.4 Å². The Morgan fingerprint density at radius 3 is 2.05 bits per heavy atom. The molecule has 2 unspecified atom stereocenters. The summed E-state index contributed by atoms with van der Waals surface area (Å²) in [6.45, 7) is 0.780. The highest BCUT2D eigenvalue weighted by Gasteiger charge is 2.46. The zero-order valence-electron chi connectivity index (χ0n) is 22.9. The Kier molecular flexibility index (Phi) is 6.79. The van der Waals surface area contributed by atoms with Crippen LogP contribution in [-0.2, 0) is 11.3 Å². The Morgan fingerprint density at radius 2 is 1.37 bits per heavy atom. The molecule has 2 atom stereocenters. The number of hydrogen-bond donors (Lipinski definition) is 0. The van der Waals surface area contributed by atoms with Gasteiger partial charge in [-0.15, -0.1) is 0 Å². The highest BCUT2D eigenvalue weighted by Crippen LogP contribution is 2.45. The van der Waals surface area contributed by atoms with Crippen molar-refractivity contribution in [2.24, 2.45) is 5.92 Å². The van der Waals surface area contributed by atoms with Crippen molar-refractivity contribution in [1.29, 1.82) is 0 Å². The fourth-order valence-corrected chi connectivity index (χ4v) is 7.07. The number of hydrogen-bond acceptors (Lipinski definition) is 4. The fourth-order valence-electron chi connectivity index (χ4n) is 7.07. The van der Waals surface area contributed by atoms with Crippen LogP contribution in [0.1, 0.15) is 58.6 Å². The van der Waals surface area contributed by atoms with Crippen LogP contribution in [0.25, 0.3) is 11.1 Å². The smallest absolute Gasteiger partial charge is 0.410 e. The predicted molar refractivity (Wildman–Crippen MR) is 158 cm³/mol. The van der Waals surface area contributed by atoms with Gasteiger partial charge in [-0.3, -0.25) is 4.79 Å². The highest BCUT2D eigenvalue weighted by molar-refractivity contribution is 5.98. The van der Waals surface area contributed by atoms with Gasteiger partial charge in [0, 0.05) is 29.5 Å². The summed E-state index contributed by atoms with van der Waals surface area (Å²) >= 11 is 0. The Hall–Kier alpha value is -4.38. The standard InChI is InChI=1S/C36H33NO4/c38-35(25-11-8-12-29(21-25)40-22-24-9-2-1-3-10-24)26-19-27-17-18-28(20-26)37(27)36(39)41-23-34-32-15-6-4-13-30(32)31-14-5-7-16-33(31)34/h1-16,21,26-28,34H,17-20,22-23H2. The van der Waals surface area contributed by atoms with Gasteiger partial charge in [0.2, 0.25) is 0 Å². The lowest BCUT2D eigenvalue weighted by molar-refractivity contribution is 0.0506. The number of nitrogens with zero attached hydrogens (tertiary/aromatic N) is 1. The van der Waals surface area contributed by atoms with E-state index in [-0.39, 0.29) is 35.8 Å². The van der Waals surface area contributed by atoms with Crippen LogP contribution in [0.4, 0.5) is 4.79 Å². The molecule has 2 fully saturated rings. The van der Waals surface area contributed by atoms with Gasteiger partial charge in [-0.2, -0.15) is 0 Å². The second kappa shape index (κ2) is 10.9. The first-order valence-electron chi connectivity index (χ1n) is 14.6.